The first-order valence-electron chi connectivity index (χ1n) is 9.01. The van der Waals surface area contributed by atoms with Crippen LogP contribution in [0, 0.1) is 20.8 Å². The molecule has 1 saturated carbocycles. The van der Waals surface area contributed by atoms with Gasteiger partial charge < -0.3 is 9.88 Å². The lowest BCUT2D eigenvalue weighted by Crippen LogP contribution is -2.38. The molecule has 3 aromatic heterocycles. The van der Waals surface area contributed by atoms with Gasteiger partial charge in [0.15, 0.2) is 5.65 Å². The first-order valence-corrected chi connectivity index (χ1v) is 9.01. The fourth-order valence-corrected chi connectivity index (χ4v) is 3.87. The zero-order valence-electron chi connectivity index (χ0n) is 15.3. The minimum atomic E-state index is -0.0808. The van der Waals surface area contributed by atoms with Gasteiger partial charge in [-0.05, 0) is 52.5 Å². The van der Waals surface area contributed by atoms with Gasteiger partial charge in [-0.25, -0.2) is 9.50 Å². The zero-order valence-corrected chi connectivity index (χ0v) is 15.3. The second-order valence-corrected chi connectivity index (χ2v) is 7.12. The van der Waals surface area contributed by atoms with Crippen LogP contribution in [0.1, 0.15) is 59.2 Å². The van der Waals surface area contributed by atoms with Crippen LogP contribution < -0.4 is 5.32 Å². The van der Waals surface area contributed by atoms with Gasteiger partial charge in [-0.1, -0.05) is 0 Å². The molecule has 1 fully saturated rings. The van der Waals surface area contributed by atoms with Gasteiger partial charge in [0.05, 0.1) is 5.69 Å². The molecular weight excluding hydrogens is 330 g/mol. The zero-order chi connectivity index (χ0) is 18.3. The number of nitrogens with zero attached hydrogens (tertiary/aromatic N) is 6. The standard InChI is InChI=1S/C18H23N7O/c1-11-8-12(2)25-17(21-11)16(13(3)23-25)18(26)22-14-4-6-15(7-5-14)24-9-19-20-10-24/h8-10,14-15H,4-7H2,1-3H3,(H,22,26). The van der Waals surface area contributed by atoms with Gasteiger partial charge in [-0.3, -0.25) is 4.79 Å². The maximum Gasteiger partial charge on any atom is 0.257 e. The molecule has 8 nitrogen and oxygen atoms in total. The van der Waals surface area contributed by atoms with E-state index in [4.69, 9.17) is 0 Å². The summed E-state index contributed by atoms with van der Waals surface area (Å²) >= 11 is 0. The Kier molecular flexibility index (Phi) is 4.18. The van der Waals surface area contributed by atoms with Gasteiger partial charge in [0.25, 0.3) is 5.91 Å². The molecule has 0 bridgehead atoms. The quantitative estimate of drug-likeness (QED) is 0.779. The Morgan fingerprint density at radius 2 is 1.81 bits per heavy atom. The minimum absolute atomic E-state index is 0.0808. The molecule has 1 amide bonds. The lowest BCUT2D eigenvalue weighted by Gasteiger charge is -2.29. The molecule has 0 aliphatic heterocycles. The van der Waals surface area contributed by atoms with Crippen molar-refractivity contribution >= 4 is 11.6 Å². The third-order valence-electron chi connectivity index (χ3n) is 5.19. The number of nitrogens with one attached hydrogen (secondary N) is 1. The molecule has 136 valence electrons. The van der Waals surface area contributed by atoms with Crippen molar-refractivity contribution in [2.45, 2.75) is 58.5 Å². The number of aryl methyl sites for hydroxylation is 3. The van der Waals surface area contributed by atoms with Crippen LogP contribution in [0.15, 0.2) is 18.7 Å². The van der Waals surface area contributed by atoms with E-state index in [1.54, 1.807) is 17.2 Å². The summed E-state index contributed by atoms with van der Waals surface area (Å²) in [4.78, 5) is 17.5. The highest BCUT2D eigenvalue weighted by molar-refractivity contribution is 6.01. The van der Waals surface area contributed by atoms with E-state index in [0.29, 0.717) is 22.9 Å². The molecule has 26 heavy (non-hydrogen) atoms. The molecule has 3 aromatic rings. The summed E-state index contributed by atoms with van der Waals surface area (Å²) in [7, 11) is 0. The molecule has 1 aliphatic carbocycles. The van der Waals surface area contributed by atoms with Gasteiger partial charge in [0, 0.05) is 23.5 Å². The van der Waals surface area contributed by atoms with Crippen LogP contribution in [0.3, 0.4) is 0 Å². The van der Waals surface area contributed by atoms with E-state index in [-0.39, 0.29) is 11.9 Å². The third kappa shape index (κ3) is 2.95. The molecule has 0 spiro atoms. The molecular formula is C18H23N7O. The highest BCUT2D eigenvalue weighted by Gasteiger charge is 2.26. The number of hydrogen-bond acceptors (Lipinski definition) is 5. The second-order valence-electron chi connectivity index (χ2n) is 7.12. The number of fused-ring (bicyclic) bond motifs is 1. The summed E-state index contributed by atoms with van der Waals surface area (Å²) < 4.78 is 3.81. The van der Waals surface area contributed by atoms with Gasteiger partial charge in [0.2, 0.25) is 0 Å². The van der Waals surface area contributed by atoms with Crippen LogP contribution in [-0.4, -0.2) is 41.3 Å². The molecule has 0 aromatic carbocycles. The van der Waals surface area contributed by atoms with E-state index < -0.39 is 0 Å². The van der Waals surface area contributed by atoms with E-state index >= 15 is 0 Å². The normalized spacial score (nSPS) is 20.4. The maximum atomic E-state index is 12.9. The molecule has 1 N–H and O–H groups in total. The largest absolute Gasteiger partial charge is 0.349 e. The Bertz CT molecular complexity index is 936. The van der Waals surface area contributed by atoms with Gasteiger partial charge in [-0.15, -0.1) is 10.2 Å². The van der Waals surface area contributed by atoms with Crippen LogP contribution in [0.2, 0.25) is 0 Å². The van der Waals surface area contributed by atoms with Crippen molar-refractivity contribution in [2.75, 3.05) is 0 Å². The first-order chi connectivity index (χ1) is 12.5. The monoisotopic (exact) mass is 353 g/mol. The third-order valence-corrected chi connectivity index (χ3v) is 5.19. The highest BCUT2D eigenvalue weighted by Crippen LogP contribution is 2.28. The fourth-order valence-electron chi connectivity index (χ4n) is 3.87. The molecule has 0 unspecified atom stereocenters. The van der Waals surface area contributed by atoms with Crippen molar-refractivity contribution in [3.05, 3.63) is 41.4 Å². The highest BCUT2D eigenvalue weighted by atomic mass is 16.1. The molecule has 0 radical (unpaired) electrons. The van der Waals surface area contributed by atoms with Crippen molar-refractivity contribution in [2.24, 2.45) is 0 Å². The summed E-state index contributed by atoms with van der Waals surface area (Å²) in [6.07, 6.45) is 7.43. The predicted octanol–water partition coefficient (Wildman–Crippen LogP) is 2.16. The lowest BCUT2D eigenvalue weighted by atomic mass is 9.91. The van der Waals surface area contributed by atoms with Crippen LogP contribution in [0.5, 0.6) is 0 Å². The number of carbonyl (C=O) groups excluding carboxylic acids is 1. The van der Waals surface area contributed by atoms with Crippen molar-refractivity contribution in [1.82, 2.24) is 34.7 Å². The van der Waals surface area contributed by atoms with Crippen LogP contribution >= 0.6 is 0 Å². The van der Waals surface area contributed by atoms with Crippen LogP contribution in [-0.2, 0) is 0 Å². The van der Waals surface area contributed by atoms with Crippen molar-refractivity contribution in [3.8, 4) is 0 Å². The Morgan fingerprint density at radius 3 is 2.50 bits per heavy atom. The average molecular weight is 353 g/mol. The molecule has 4 rings (SSSR count). The maximum absolute atomic E-state index is 12.9. The topological polar surface area (TPSA) is 90.0 Å². The van der Waals surface area contributed by atoms with Gasteiger partial charge in [-0.2, -0.15) is 5.10 Å². The SMILES string of the molecule is Cc1cc(C)n2nc(C)c(C(=O)NC3CCC(n4cnnc4)CC3)c2n1. The summed E-state index contributed by atoms with van der Waals surface area (Å²) in [5.74, 6) is -0.0808. The minimum Gasteiger partial charge on any atom is -0.349 e. The Labute approximate surface area is 151 Å². The summed E-state index contributed by atoms with van der Waals surface area (Å²) in [6, 6.07) is 2.56. The smallest absolute Gasteiger partial charge is 0.257 e. The number of rotatable bonds is 3. The first kappa shape index (κ1) is 16.7. The Morgan fingerprint density at radius 1 is 1.12 bits per heavy atom. The van der Waals surface area contributed by atoms with Gasteiger partial charge >= 0.3 is 0 Å². The van der Waals surface area contributed by atoms with E-state index in [9.17, 15) is 4.79 Å². The number of amides is 1. The summed E-state index contributed by atoms with van der Waals surface area (Å²) in [5.41, 5.74) is 3.79. The van der Waals surface area contributed by atoms with Crippen molar-refractivity contribution in [3.63, 3.8) is 0 Å². The second kappa shape index (κ2) is 6.51. The predicted molar refractivity (Wildman–Crippen MR) is 96.0 cm³/mol. The molecule has 0 saturated heterocycles. The van der Waals surface area contributed by atoms with E-state index in [0.717, 1.165) is 37.1 Å². The molecule has 0 atom stereocenters. The fraction of sp³-hybridized carbons (Fsp3) is 0.500. The van der Waals surface area contributed by atoms with Crippen molar-refractivity contribution in [1.29, 1.82) is 0 Å². The van der Waals surface area contributed by atoms with E-state index in [1.165, 1.54) is 0 Å². The van der Waals surface area contributed by atoms with E-state index in [1.807, 2.05) is 26.8 Å². The van der Waals surface area contributed by atoms with Crippen molar-refractivity contribution < 1.29 is 4.79 Å². The molecule has 8 heteroatoms. The number of carbonyl (C=O) groups is 1. The van der Waals surface area contributed by atoms with Crippen LogP contribution in [0.4, 0.5) is 0 Å². The Balaban J connectivity index is 1.49. The number of hydrogen-bond donors (Lipinski definition) is 1. The molecule has 3 heterocycles. The van der Waals surface area contributed by atoms with Crippen LogP contribution in [0.25, 0.3) is 5.65 Å². The molecule has 1 aliphatic rings. The Hall–Kier alpha value is -2.77. The average Bonchev–Trinajstić information content (AvgIpc) is 3.23. The number of aromatic nitrogens is 6. The van der Waals surface area contributed by atoms with E-state index in [2.05, 4.69) is 30.2 Å². The van der Waals surface area contributed by atoms with Gasteiger partial charge in [0.1, 0.15) is 18.2 Å². The summed E-state index contributed by atoms with van der Waals surface area (Å²) in [6.45, 7) is 5.77. The lowest BCUT2D eigenvalue weighted by molar-refractivity contribution is 0.0923. The summed E-state index contributed by atoms with van der Waals surface area (Å²) in [5, 5.41) is 15.4.